The fourth-order valence-electron chi connectivity index (χ4n) is 8.41. The average molecular weight is 736 g/mol. The van der Waals surface area contributed by atoms with Crippen molar-refractivity contribution in [3.05, 3.63) is 101 Å². The molecule has 0 spiro atoms. The van der Waals surface area contributed by atoms with Gasteiger partial charge in [-0.1, -0.05) is 62.4 Å². The van der Waals surface area contributed by atoms with Crippen LogP contribution >= 0.6 is 0 Å². The first-order valence-corrected chi connectivity index (χ1v) is 17.9. The van der Waals surface area contributed by atoms with Crippen LogP contribution in [0.25, 0.3) is 11.1 Å². The highest BCUT2D eigenvalue weighted by molar-refractivity contribution is 5.83. The van der Waals surface area contributed by atoms with Crippen molar-refractivity contribution in [3.63, 3.8) is 0 Å². The van der Waals surface area contributed by atoms with Crippen molar-refractivity contribution in [2.24, 2.45) is 17.8 Å². The lowest BCUT2D eigenvalue weighted by Crippen LogP contribution is -2.47. The Bertz CT molecular complexity index is 2060. The summed E-state index contributed by atoms with van der Waals surface area (Å²) in [6.45, 7) is 3.75. The van der Waals surface area contributed by atoms with Crippen LogP contribution in [0.3, 0.4) is 0 Å². The SMILES string of the molecule is COc1cc([C@@H]2c3cc4c(cc3[C@H](OC(=O)[C@@H](NC(=O)OCC3c5ccccc5-c5ccccc53)C(C)C)[C@H]3COC(=O)[C@@H]23)OCO4)cc(OC)c1OC. The number of ether oxygens (including phenoxy) is 8. The molecule has 4 aliphatic rings. The molecule has 4 aromatic rings. The van der Waals surface area contributed by atoms with E-state index in [1.54, 1.807) is 6.07 Å². The molecule has 280 valence electrons. The standard InChI is InChI=1S/C42H41NO11/c1-21(2)37(43-42(46)51-18-29-25-12-8-6-10-23(25)24-11-7-9-13-26(24)29)41(45)54-38-28-17-32-31(52-20-53-32)16-27(28)35(36-30(38)19-50-40(36)44)22-14-33(47-3)39(49-5)34(15-22)48-4/h6-17,21,29-30,35-38H,18-20H2,1-5H3,(H,43,46)/t30-,35+,36+,37-,38-/m0/s1. The average Bonchev–Trinajstić information content (AvgIpc) is 3.90. The molecule has 1 amide bonds. The number of carbonyl (C=O) groups excluding carboxylic acids is 3. The number of esters is 2. The lowest BCUT2D eigenvalue weighted by molar-refractivity contribution is -0.158. The Kier molecular flexibility index (Phi) is 9.21. The second-order valence-electron chi connectivity index (χ2n) is 14.1. The molecule has 0 bridgehead atoms. The number of rotatable bonds is 10. The lowest BCUT2D eigenvalue weighted by Gasteiger charge is -2.39. The molecule has 12 nitrogen and oxygen atoms in total. The van der Waals surface area contributed by atoms with Crippen molar-refractivity contribution >= 4 is 18.0 Å². The van der Waals surface area contributed by atoms with E-state index >= 15 is 0 Å². The number of cyclic esters (lactones) is 1. The normalized spacial score (nSPS) is 20.9. The summed E-state index contributed by atoms with van der Waals surface area (Å²) in [5.74, 6) is -1.24. The summed E-state index contributed by atoms with van der Waals surface area (Å²) in [7, 11) is 4.57. The van der Waals surface area contributed by atoms with Gasteiger partial charge in [0.05, 0.1) is 33.9 Å². The van der Waals surface area contributed by atoms with E-state index < -0.39 is 47.9 Å². The number of methoxy groups -OCH3 is 3. The van der Waals surface area contributed by atoms with E-state index in [1.807, 2.05) is 68.4 Å². The number of hydrogen-bond acceptors (Lipinski definition) is 11. The molecule has 12 heteroatoms. The Balaban J connectivity index is 1.08. The first-order chi connectivity index (χ1) is 26.2. The molecule has 1 fully saturated rings. The quantitative estimate of drug-likeness (QED) is 0.141. The van der Waals surface area contributed by atoms with Crippen molar-refractivity contribution in [1.29, 1.82) is 0 Å². The van der Waals surface area contributed by atoms with Crippen molar-refractivity contribution < 1.29 is 52.3 Å². The van der Waals surface area contributed by atoms with Gasteiger partial charge in [0.1, 0.15) is 18.8 Å². The molecule has 0 unspecified atom stereocenters. The highest BCUT2D eigenvalue weighted by Crippen LogP contribution is 2.56. The number of amides is 1. The van der Waals surface area contributed by atoms with Gasteiger partial charge in [0.15, 0.2) is 23.0 Å². The van der Waals surface area contributed by atoms with Crippen LogP contribution in [0.15, 0.2) is 72.8 Å². The Morgan fingerprint density at radius 1 is 0.796 bits per heavy atom. The Morgan fingerprint density at radius 3 is 2.00 bits per heavy atom. The van der Waals surface area contributed by atoms with Crippen LogP contribution in [0, 0.1) is 17.8 Å². The molecule has 2 aliphatic carbocycles. The van der Waals surface area contributed by atoms with Gasteiger partial charge in [-0.2, -0.15) is 0 Å². The summed E-state index contributed by atoms with van der Waals surface area (Å²) in [5, 5.41) is 2.76. The molecule has 8 rings (SSSR count). The number of carbonyl (C=O) groups is 3. The number of alkyl carbamates (subject to hydrolysis) is 1. The van der Waals surface area contributed by atoms with Crippen LogP contribution in [-0.2, 0) is 23.8 Å². The second kappa shape index (κ2) is 14.1. The molecule has 2 heterocycles. The maximum absolute atomic E-state index is 14.2. The van der Waals surface area contributed by atoms with E-state index in [0.29, 0.717) is 45.4 Å². The van der Waals surface area contributed by atoms with Crippen molar-refractivity contribution in [1.82, 2.24) is 5.32 Å². The van der Waals surface area contributed by atoms with Gasteiger partial charge in [0, 0.05) is 23.3 Å². The van der Waals surface area contributed by atoms with Gasteiger partial charge in [-0.15, -0.1) is 0 Å². The third kappa shape index (κ3) is 5.89. The van der Waals surface area contributed by atoms with Crippen molar-refractivity contribution in [2.45, 2.75) is 37.8 Å². The lowest BCUT2D eigenvalue weighted by atomic mass is 9.66. The maximum atomic E-state index is 14.2. The zero-order valence-electron chi connectivity index (χ0n) is 30.6. The molecule has 1 N–H and O–H groups in total. The van der Waals surface area contributed by atoms with Gasteiger partial charge < -0.3 is 43.2 Å². The first kappa shape index (κ1) is 35.1. The zero-order valence-corrected chi connectivity index (χ0v) is 30.6. The largest absolute Gasteiger partial charge is 0.493 e. The molecule has 2 aliphatic heterocycles. The van der Waals surface area contributed by atoms with Crippen LogP contribution in [0.5, 0.6) is 28.7 Å². The van der Waals surface area contributed by atoms with Gasteiger partial charge in [0.2, 0.25) is 12.5 Å². The Hall–Kier alpha value is -5.91. The van der Waals surface area contributed by atoms with Crippen LogP contribution in [0.4, 0.5) is 4.79 Å². The van der Waals surface area contributed by atoms with E-state index in [2.05, 4.69) is 17.4 Å². The Labute approximate surface area is 312 Å². The number of hydrogen-bond donors (Lipinski definition) is 1. The van der Waals surface area contributed by atoms with Crippen LogP contribution < -0.4 is 29.0 Å². The Morgan fingerprint density at radius 2 is 1.41 bits per heavy atom. The molecule has 0 saturated carbocycles. The van der Waals surface area contributed by atoms with Crippen LogP contribution in [-0.4, -0.2) is 65.4 Å². The van der Waals surface area contributed by atoms with E-state index in [1.165, 1.54) is 21.3 Å². The number of fused-ring (bicyclic) bond motifs is 6. The van der Waals surface area contributed by atoms with Gasteiger partial charge in [0.25, 0.3) is 0 Å². The summed E-state index contributed by atoms with van der Waals surface area (Å²) in [6.07, 6.45) is -1.65. The van der Waals surface area contributed by atoms with E-state index in [0.717, 1.165) is 22.3 Å². The smallest absolute Gasteiger partial charge is 0.407 e. The van der Waals surface area contributed by atoms with Crippen LogP contribution in [0.2, 0.25) is 0 Å². The molecule has 4 aromatic carbocycles. The number of nitrogens with one attached hydrogen (secondary N) is 1. The van der Waals surface area contributed by atoms with Gasteiger partial charge in [-0.3, -0.25) is 4.79 Å². The second-order valence-corrected chi connectivity index (χ2v) is 14.1. The first-order valence-electron chi connectivity index (χ1n) is 17.9. The fourth-order valence-corrected chi connectivity index (χ4v) is 8.41. The minimum absolute atomic E-state index is 0.0163. The monoisotopic (exact) mass is 735 g/mol. The predicted octanol–water partition coefficient (Wildman–Crippen LogP) is 6.52. The molecular weight excluding hydrogens is 694 g/mol. The summed E-state index contributed by atoms with van der Waals surface area (Å²) < 4.78 is 46.2. The molecule has 5 atom stereocenters. The minimum Gasteiger partial charge on any atom is -0.493 e. The third-order valence-electron chi connectivity index (χ3n) is 10.9. The zero-order chi connectivity index (χ0) is 37.7. The highest BCUT2D eigenvalue weighted by atomic mass is 16.7. The number of benzene rings is 4. The molecule has 0 aromatic heterocycles. The maximum Gasteiger partial charge on any atom is 0.407 e. The highest BCUT2D eigenvalue weighted by Gasteiger charge is 2.54. The van der Waals surface area contributed by atoms with Crippen molar-refractivity contribution in [2.75, 3.05) is 41.3 Å². The van der Waals surface area contributed by atoms with Crippen molar-refractivity contribution in [3.8, 4) is 39.9 Å². The minimum atomic E-state index is -1.05. The van der Waals surface area contributed by atoms with E-state index in [-0.39, 0.29) is 31.8 Å². The van der Waals surface area contributed by atoms with Gasteiger partial charge >= 0.3 is 18.0 Å². The van der Waals surface area contributed by atoms with E-state index in [4.69, 9.17) is 37.9 Å². The summed E-state index contributed by atoms with van der Waals surface area (Å²) >= 11 is 0. The van der Waals surface area contributed by atoms with Crippen LogP contribution in [0.1, 0.15) is 59.6 Å². The summed E-state index contributed by atoms with van der Waals surface area (Å²) in [5.41, 5.74) is 6.42. The van der Waals surface area contributed by atoms with Gasteiger partial charge in [-0.05, 0) is 63.6 Å². The molecule has 1 saturated heterocycles. The summed E-state index contributed by atoms with van der Waals surface area (Å²) in [4.78, 5) is 41.2. The predicted molar refractivity (Wildman–Crippen MR) is 194 cm³/mol. The third-order valence-corrected chi connectivity index (χ3v) is 10.9. The fraction of sp³-hybridized carbons (Fsp3) is 0.357. The molecule has 54 heavy (non-hydrogen) atoms. The topological polar surface area (TPSA) is 137 Å². The molecule has 0 radical (unpaired) electrons. The van der Waals surface area contributed by atoms with E-state index in [9.17, 15) is 14.4 Å². The molecular formula is C42H41NO11. The summed E-state index contributed by atoms with van der Waals surface area (Å²) in [6, 6.07) is 22.3. The van der Waals surface area contributed by atoms with Gasteiger partial charge in [-0.25, -0.2) is 9.59 Å².